The Balaban J connectivity index is 1.53. The van der Waals surface area contributed by atoms with Crippen molar-refractivity contribution in [2.45, 2.75) is 29.8 Å². The van der Waals surface area contributed by atoms with Gasteiger partial charge in [0.05, 0.1) is 19.0 Å². The zero-order valence-corrected chi connectivity index (χ0v) is 19.2. The van der Waals surface area contributed by atoms with Crippen LogP contribution in [0.1, 0.15) is 18.4 Å². The standard InChI is InChI=1S/C23H28SSi2/c1-19-14-16-20(17-15-19)24-18-8-13-23(25-21-9-4-2-5-10-21)26-22-11-6-3-7-12-22/h2-7,9-12,14-17,23H,8,13,18,25-26H2,1H3. The highest BCUT2D eigenvalue weighted by Crippen LogP contribution is 2.21. The lowest BCUT2D eigenvalue weighted by atomic mass is 10.2. The van der Waals surface area contributed by atoms with Crippen molar-refractivity contribution in [1.82, 2.24) is 0 Å². The lowest BCUT2D eigenvalue weighted by molar-refractivity contribution is 0.854. The van der Waals surface area contributed by atoms with Crippen molar-refractivity contribution >= 4 is 41.2 Å². The van der Waals surface area contributed by atoms with Crippen LogP contribution in [0.25, 0.3) is 0 Å². The Morgan fingerprint density at radius 1 is 0.731 bits per heavy atom. The van der Waals surface area contributed by atoms with Crippen LogP contribution >= 0.6 is 11.8 Å². The second kappa shape index (κ2) is 10.6. The van der Waals surface area contributed by atoms with Gasteiger partial charge in [0.1, 0.15) is 0 Å². The predicted octanol–water partition coefficient (Wildman–Crippen LogP) is 3.60. The number of aryl methyl sites for hydroxylation is 1. The fourth-order valence-corrected chi connectivity index (χ4v) is 10.2. The third-order valence-electron chi connectivity index (χ3n) is 4.78. The molecule has 0 heterocycles. The van der Waals surface area contributed by atoms with E-state index in [-0.39, 0.29) is 19.0 Å². The van der Waals surface area contributed by atoms with Crippen molar-refractivity contribution in [3.05, 3.63) is 90.5 Å². The zero-order valence-electron chi connectivity index (χ0n) is 15.6. The van der Waals surface area contributed by atoms with Crippen molar-refractivity contribution in [2.75, 3.05) is 5.75 Å². The molecule has 0 bridgehead atoms. The Kier molecular flexibility index (Phi) is 7.80. The van der Waals surface area contributed by atoms with Gasteiger partial charge >= 0.3 is 0 Å². The molecule has 0 amide bonds. The average molecular weight is 393 g/mol. The quantitative estimate of drug-likeness (QED) is 0.305. The van der Waals surface area contributed by atoms with Crippen LogP contribution in [0.3, 0.4) is 0 Å². The average Bonchev–Trinajstić information content (AvgIpc) is 2.68. The van der Waals surface area contributed by atoms with E-state index < -0.39 is 0 Å². The maximum Gasteiger partial charge on any atom is 0.0550 e. The van der Waals surface area contributed by atoms with E-state index in [4.69, 9.17) is 0 Å². The van der Waals surface area contributed by atoms with Gasteiger partial charge in [0.15, 0.2) is 0 Å². The maximum absolute atomic E-state index is 2.35. The van der Waals surface area contributed by atoms with Crippen LogP contribution in [-0.2, 0) is 0 Å². The monoisotopic (exact) mass is 392 g/mol. The van der Waals surface area contributed by atoms with Gasteiger partial charge in [0, 0.05) is 4.90 Å². The highest BCUT2D eigenvalue weighted by Gasteiger charge is 2.12. The van der Waals surface area contributed by atoms with Crippen LogP contribution in [0.15, 0.2) is 89.8 Å². The third kappa shape index (κ3) is 6.63. The van der Waals surface area contributed by atoms with E-state index in [0.29, 0.717) is 0 Å². The number of benzene rings is 3. The first-order chi connectivity index (χ1) is 12.8. The Labute approximate surface area is 167 Å². The molecule has 0 aliphatic carbocycles. The second-order valence-corrected chi connectivity index (χ2v) is 14.1. The molecule has 0 saturated heterocycles. The van der Waals surface area contributed by atoms with Gasteiger partial charge in [0.25, 0.3) is 0 Å². The van der Waals surface area contributed by atoms with E-state index in [1.54, 1.807) is 10.4 Å². The predicted molar refractivity (Wildman–Crippen MR) is 124 cm³/mol. The fourth-order valence-electron chi connectivity index (χ4n) is 3.37. The van der Waals surface area contributed by atoms with Crippen molar-refractivity contribution in [1.29, 1.82) is 0 Å². The van der Waals surface area contributed by atoms with E-state index in [1.165, 1.54) is 29.1 Å². The summed E-state index contributed by atoms with van der Waals surface area (Å²) < 4.78 is 0. The summed E-state index contributed by atoms with van der Waals surface area (Å²) in [6.07, 6.45) is 2.74. The highest BCUT2D eigenvalue weighted by atomic mass is 32.2. The van der Waals surface area contributed by atoms with E-state index in [9.17, 15) is 0 Å². The Bertz CT molecular complexity index is 716. The largest absolute Gasteiger partial charge is 0.126 e. The molecule has 0 aliphatic rings. The fraction of sp³-hybridized carbons (Fsp3) is 0.217. The highest BCUT2D eigenvalue weighted by molar-refractivity contribution is 7.99. The minimum absolute atomic E-state index is 0.185. The molecular weight excluding hydrogens is 364 g/mol. The molecule has 0 N–H and O–H groups in total. The first-order valence-corrected chi connectivity index (χ1v) is 13.6. The molecule has 0 saturated carbocycles. The molecule has 0 unspecified atom stereocenters. The first kappa shape index (κ1) is 19.2. The van der Waals surface area contributed by atoms with E-state index in [0.717, 1.165) is 5.16 Å². The summed E-state index contributed by atoms with van der Waals surface area (Å²) >= 11 is 2.01. The number of thioether (sulfide) groups is 1. The van der Waals surface area contributed by atoms with Gasteiger partial charge in [-0.1, -0.05) is 100 Å². The van der Waals surface area contributed by atoms with Crippen LogP contribution < -0.4 is 10.4 Å². The van der Waals surface area contributed by atoms with Gasteiger partial charge in [-0.15, -0.1) is 11.8 Å². The molecule has 134 valence electrons. The summed E-state index contributed by atoms with van der Waals surface area (Å²) in [5, 5.41) is 4.25. The number of hydrogen-bond acceptors (Lipinski definition) is 1. The Morgan fingerprint density at radius 3 is 1.81 bits per heavy atom. The van der Waals surface area contributed by atoms with Crippen LogP contribution in [-0.4, -0.2) is 24.8 Å². The minimum Gasteiger partial charge on any atom is -0.126 e. The molecule has 3 aromatic rings. The van der Waals surface area contributed by atoms with Gasteiger partial charge in [-0.3, -0.25) is 0 Å². The van der Waals surface area contributed by atoms with Crippen molar-refractivity contribution in [3.63, 3.8) is 0 Å². The third-order valence-corrected chi connectivity index (χ3v) is 11.5. The summed E-state index contributed by atoms with van der Waals surface area (Å²) in [5.74, 6) is 1.24. The van der Waals surface area contributed by atoms with Gasteiger partial charge in [-0.2, -0.15) is 0 Å². The van der Waals surface area contributed by atoms with E-state index in [2.05, 4.69) is 91.9 Å². The number of hydrogen-bond donors (Lipinski definition) is 0. The molecule has 0 aromatic heterocycles. The van der Waals surface area contributed by atoms with Crippen LogP contribution in [0.4, 0.5) is 0 Å². The smallest absolute Gasteiger partial charge is 0.0550 e. The zero-order chi connectivity index (χ0) is 18.0. The van der Waals surface area contributed by atoms with Crippen molar-refractivity contribution < 1.29 is 0 Å². The van der Waals surface area contributed by atoms with Gasteiger partial charge < -0.3 is 0 Å². The van der Waals surface area contributed by atoms with Crippen LogP contribution in [0.5, 0.6) is 0 Å². The lowest BCUT2D eigenvalue weighted by Gasteiger charge is -2.16. The van der Waals surface area contributed by atoms with Gasteiger partial charge in [-0.05, 0) is 31.2 Å². The molecule has 0 nitrogen and oxygen atoms in total. The van der Waals surface area contributed by atoms with Gasteiger partial charge in [0.2, 0.25) is 0 Å². The topological polar surface area (TPSA) is 0 Å². The van der Waals surface area contributed by atoms with Crippen molar-refractivity contribution in [2.24, 2.45) is 0 Å². The summed E-state index contributed by atoms with van der Waals surface area (Å²) in [5.41, 5.74) is 1.34. The normalized spacial score (nSPS) is 13.0. The van der Waals surface area contributed by atoms with Gasteiger partial charge in [-0.25, -0.2) is 0 Å². The van der Waals surface area contributed by atoms with E-state index >= 15 is 0 Å². The molecule has 3 rings (SSSR count). The molecule has 0 aliphatic heterocycles. The number of rotatable bonds is 9. The summed E-state index contributed by atoms with van der Waals surface area (Å²) in [4.78, 5) is 1.41. The van der Waals surface area contributed by atoms with Crippen LogP contribution in [0.2, 0.25) is 5.16 Å². The Morgan fingerprint density at radius 2 is 1.27 bits per heavy atom. The molecule has 0 atom stereocenters. The van der Waals surface area contributed by atoms with Crippen LogP contribution in [0, 0.1) is 6.92 Å². The molecule has 0 fully saturated rings. The minimum atomic E-state index is -0.185. The molecule has 3 aromatic carbocycles. The second-order valence-electron chi connectivity index (χ2n) is 7.05. The lowest BCUT2D eigenvalue weighted by Crippen LogP contribution is -2.29. The van der Waals surface area contributed by atoms with Crippen molar-refractivity contribution in [3.8, 4) is 0 Å². The maximum atomic E-state index is 2.35. The molecular formula is C23H28SSi2. The SMILES string of the molecule is Cc1ccc(SCCCC([SiH2]c2ccccc2)[SiH2]c2ccccc2)cc1. The summed E-state index contributed by atoms with van der Waals surface area (Å²) in [7, 11) is -0.370. The summed E-state index contributed by atoms with van der Waals surface area (Å²) in [6.45, 7) is 2.15. The molecule has 0 radical (unpaired) electrons. The first-order valence-electron chi connectivity index (χ1n) is 9.57. The molecule has 0 spiro atoms. The van der Waals surface area contributed by atoms with E-state index in [1.807, 2.05) is 11.8 Å². The summed E-state index contributed by atoms with van der Waals surface area (Å²) in [6, 6.07) is 31.4. The Hall–Kier alpha value is -1.56. The molecule has 26 heavy (non-hydrogen) atoms. The molecule has 3 heteroatoms.